The van der Waals surface area contributed by atoms with Crippen LogP contribution in [0.2, 0.25) is 0 Å². The van der Waals surface area contributed by atoms with Gasteiger partial charge >= 0.3 is 5.97 Å². The molecule has 3 nitrogen and oxygen atoms in total. The maximum absolute atomic E-state index is 11.1. The number of esters is 1. The van der Waals surface area contributed by atoms with Crippen molar-refractivity contribution in [2.75, 3.05) is 6.61 Å². The highest BCUT2D eigenvalue weighted by atomic mass is 16.6. The lowest BCUT2D eigenvalue weighted by Gasteiger charge is -2.10. The first-order valence-electron chi connectivity index (χ1n) is 4.15. The zero-order chi connectivity index (χ0) is 7.84. The van der Waals surface area contributed by atoms with E-state index in [0.29, 0.717) is 5.92 Å². The number of ether oxygens (including phenoxy) is 2. The van der Waals surface area contributed by atoms with E-state index in [9.17, 15) is 4.79 Å². The maximum atomic E-state index is 11.1. The summed E-state index contributed by atoms with van der Waals surface area (Å²) in [7, 11) is 0. The molecule has 2 heterocycles. The standard InChI is InChI=1S/C8H12O3/c1-2-6-5-3-4-10-7(5)8(9)11-6/h5-7H,2-4H2,1H3/t5-,6-,7-/m1/s1. The van der Waals surface area contributed by atoms with Crippen molar-refractivity contribution in [1.82, 2.24) is 0 Å². The highest BCUT2D eigenvalue weighted by molar-refractivity contribution is 5.77. The zero-order valence-corrected chi connectivity index (χ0v) is 6.58. The molecule has 2 aliphatic heterocycles. The molecular weight excluding hydrogens is 144 g/mol. The highest BCUT2D eigenvalue weighted by Gasteiger charge is 2.47. The molecule has 0 aromatic heterocycles. The molecule has 0 amide bonds. The molecule has 3 heteroatoms. The van der Waals surface area contributed by atoms with Gasteiger partial charge in [0.05, 0.1) is 0 Å². The molecule has 2 saturated heterocycles. The summed E-state index contributed by atoms with van der Waals surface area (Å²) in [6.07, 6.45) is 1.78. The van der Waals surface area contributed by atoms with Crippen LogP contribution < -0.4 is 0 Å². The predicted octanol–water partition coefficient (Wildman–Crippen LogP) is 0.727. The molecule has 0 saturated carbocycles. The molecule has 0 radical (unpaired) electrons. The molecule has 0 aliphatic carbocycles. The van der Waals surface area contributed by atoms with Crippen molar-refractivity contribution in [3.05, 3.63) is 0 Å². The predicted molar refractivity (Wildman–Crippen MR) is 38.0 cm³/mol. The van der Waals surface area contributed by atoms with E-state index >= 15 is 0 Å². The fraction of sp³-hybridized carbons (Fsp3) is 0.875. The molecule has 3 atom stereocenters. The van der Waals surface area contributed by atoms with Gasteiger partial charge in [-0.3, -0.25) is 0 Å². The summed E-state index contributed by atoms with van der Waals surface area (Å²) in [4.78, 5) is 11.1. The van der Waals surface area contributed by atoms with Crippen LogP contribution in [-0.2, 0) is 14.3 Å². The van der Waals surface area contributed by atoms with E-state index in [1.165, 1.54) is 0 Å². The molecule has 0 spiro atoms. The number of hydrogen-bond donors (Lipinski definition) is 0. The summed E-state index contributed by atoms with van der Waals surface area (Å²) >= 11 is 0. The zero-order valence-electron chi connectivity index (χ0n) is 6.58. The lowest BCUT2D eigenvalue weighted by molar-refractivity contribution is -0.149. The van der Waals surface area contributed by atoms with Gasteiger partial charge in [-0.1, -0.05) is 6.92 Å². The molecule has 0 N–H and O–H groups in total. The van der Waals surface area contributed by atoms with Crippen molar-refractivity contribution in [3.8, 4) is 0 Å². The Morgan fingerprint density at radius 2 is 2.45 bits per heavy atom. The van der Waals surface area contributed by atoms with Gasteiger partial charge in [0.15, 0.2) is 6.10 Å². The van der Waals surface area contributed by atoms with Gasteiger partial charge in [0.2, 0.25) is 0 Å². The molecule has 2 aliphatic rings. The maximum Gasteiger partial charge on any atom is 0.335 e. The van der Waals surface area contributed by atoms with Crippen molar-refractivity contribution in [2.24, 2.45) is 5.92 Å². The Hall–Kier alpha value is -0.570. The van der Waals surface area contributed by atoms with E-state index in [1.54, 1.807) is 0 Å². The number of cyclic esters (lactones) is 1. The van der Waals surface area contributed by atoms with Crippen molar-refractivity contribution in [2.45, 2.75) is 32.0 Å². The van der Waals surface area contributed by atoms with E-state index in [-0.39, 0.29) is 18.2 Å². The minimum absolute atomic E-state index is 0.120. The molecule has 0 unspecified atom stereocenters. The van der Waals surface area contributed by atoms with Gasteiger partial charge in [-0.15, -0.1) is 0 Å². The molecule has 2 rings (SSSR count). The van der Waals surface area contributed by atoms with Crippen LogP contribution in [0, 0.1) is 5.92 Å². The molecule has 0 aromatic carbocycles. The monoisotopic (exact) mass is 156 g/mol. The minimum atomic E-state index is -0.236. The fourth-order valence-electron chi connectivity index (χ4n) is 1.92. The lowest BCUT2D eigenvalue weighted by atomic mass is 9.96. The van der Waals surface area contributed by atoms with Crippen LogP contribution in [0.25, 0.3) is 0 Å². The SMILES string of the molecule is CC[C@H]1OC(=O)[C@@H]2OCC[C@H]12. The van der Waals surface area contributed by atoms with Crippen LogP contribution >= 0.6 is 0 Å². The van der Waals surface area contributed by atoms with Gasteiger partial charge in [-0.2, -0.15) is 0 Å². The number of hydrogen-bond acceptors (Lipinski definition) is 3. The average Bonchev–Trinajstić information content (AvgIpc) is 2.54. The number of carbonyl (C=O) groups is 1. The normalized spacial score (nSPS) is 42.3. The summed E-state index contributed by atoms with van der Waals surface area (Å²) in [5.74, 6) is 0.187. The Bertz CT molecular complexity index is 178. The summed E-state index contributed by atoms with van der Waals surface area (Å²) in [5.41, 5.74) is 0. The van der Waals surface area contributed by atoms with Gasteiger partial charge in [-0.05, 0) is 12.8 Å². The first-order chi connectivity index (χ1) is 5.33. The topological polar surface area (TPSA) is 35.5 Å². The van der Waals surface area contributed by atoms with Crippen molar-refractivity contribution in [1.29, 1.82) is 0 Å². The third-order valence-electron chi connectivity index (χ3n) is 2.52. The van der Waals surface area contributed by atoms with Crippen LogP contribution in [-0.4, -0.2) is 24.8 Å². The summed E-state index contributed by atoms with van der Waals surface area (Å²) in [5, 5.41) is 0. The molecule has 62 valence electrons. The van der Waals surface area contributed by atoms with E-state index in [1.807, 2.05) is 6.92 Å². The Labute approximate surface area is 65.7 Å². The molecule has 0 aromatic rings. The van der Waals surface area contributed by atoms with E-state index < -0.39 is 0 Å². The smallest absolute Gasteiger partial charge is 0.335 e. The second kappa shape index (κ2) is 2.48. The quantitative estimate of drug-likeness (QED) is 0.525. The van der Waals surface area contributed by atoms with Crippen LogP contribution in [0.5, 0.6) is 0 Å². The molecular formula is C8H12O3. The van der Waals surface area contributed by atoms with Crippen LogP contribution in [0.3, 0.4) is 0 Å². The third kappa shape index (κ3) is 0.948. The first-order valence-corrected chi connectivity index (χ1v) is 4.15. The number of fused-ring (bicyclic) bond motifs is 1. The highest BCUT2D eigenvalue weighted by Crippen LogP contribution is 2.34. The van der Waals surface area contributed by atoms with Crippen molar-refractivity contribution >= 4 is 5.97 Å². The van der Waals surface area contributed by atoms with Crippen molar-refractivity contribution < 1.29 is 14.3 Å². The minimum Gasteiger partial charge on any atom is -0.460 e. The molecule has 0 bridgehead atoms. The number of carbonyl (C=O) groups excluding carboxylic acids is 1. The molecule has 11 heavy (non-hydrogen) atoms. The van der Waals surface area contributed by atoms with Gasteiger partial charge < -0.3 is 9.47 Å². The van der Waals surface area contributed by atoms with E-state index in [4.69, 9.17) is 9.47 Å². The summed E-state index contributed by atoms with van der Waals surface area (Å²) < 4.78 is 10.4. The van der Waals surface area contributed by atoms with E-state index in [0.717, 1.165) is 19.4 Å². The lowest BCUT2D eigenvalue weighted by Crippen LogP contribution is -2.20. The Morgan fingerprint density at radius 3 is 3.18 bits per heavy atom. The second-order valence-electron chi connectivity index (χ2n) is 3.13. The van der Waals surface area contributed by atoms with Crippen LogP contribution in [0.15, 0.2) is 0 Å². The molecule has 2 fully saturated rings. The summed E-state index contributed by atoms with van der Waals surface area (Å²) in [6.45, 7) is 2.76. The van der Waals surface area contributed by atoms with Crippen LogP contribution in [0.1, 0.15) is 19.8 Å². The van der Waals surface area contributed by atoms with Gasteiger partial charge in [0, 0.05) is 12.5 Å². The Kier molecular flexibility index (Phi) is 1.60. The van der Waals surface area contributed by atoms with Crippen molar-refractivity contribution in [3.63, 3.8) is 0 Å². The average molecular weight is 156 g/mol. The van der Waals surface area contributed by atoms with Crippen LogP contribution in [0.4, 0.5) is 0 Å². The van der Waals surface area contributed by atoms with E-state index in [2.05, 4.69) is 0 Å². The second-order valence-corrected chi connectivity index (χ2v) is 3.13. The van der Waals surface area contributed by atoms with Gasteiger partial charge in [0.25, 0.3) is 0 Å². The fourth-order valence-corrected chi connectivity index (χ4v) is 1.92. The number of rotatable bonds is 1. The Balaban J connectivity index is 2.13. The van der Waals surface area contributed by atoms with Gasteiger partial charge in [-0.25, -0.2) is 4.79 Å². The third-order valence-corrected chi connectivity index (χ3v) is 2.52. The Morgan fingerprint density at radius 1 is 1.64 bits per heavy atom. The largest absolute Gasteiger partial charge is 0.460 e. The first kappa shape index (κ1) is 7.10. The van der Waals surface area contributed by atoms with Gasteiger partial charge in [0.1, 0.15) is 6.10 Å². The summed E-state index contributed by atoms with van der Waals surface area (Å²) in [6, 6.07) is 0.